The van der Waals surface area contributed by atoms with Crippen LogP contribution in [0.2, 0.25) is 0 Å². The minimum Gasteiger partial charge on any atom is -0.313 e. The molecule has 30 heavy (non-hydrogen) atoms. The van der Waals surface area contributed by atoms with E-state index in [-0.39, 0.29) is 0 Å². The highest BCUT2D eigenvalue weighted by Gasteiger charge is 2.20. The molecule has 0 bridgehead atoms. The van der Waals surface area contributed by atoms with Gasteiger partial charge in [-0.3, -0.25) is 4.57 Å². The van der Waals surface area contributed by atoms with Crippen molar-refractivity contribution in [2.75, 3.05) is 0 Å². The van der Waals surface area contributed by atoms with Crippen LogP contribution in [0.15, 0.2) is 84.9 Å². The molecule has 0 aliphatic rings. The van der Waals surface area contributed by atoms with E-state index in [1.165, 1.54) is 42.0 Å². The summed E-state index contributed by atoms with van der Waals surface area (Å²) in [4.78, 5) is 5.05. The molecule has 4 aromatic carbocycles. The largest absolute Gasteiger partial charge is 0.313 e. The number of hydrogen-bond donors (Lipinski definition) is 0. The van der Waals surface area contributed by atoms with Crippen molar-refractivity contribution in [3.8, 4) is 5.95 Å². The Morgan fingerprint density at radius 2 is 1.37 bits per heavy atom. The SMILES string of the molecule is Cn1c(-n2c3ccccc3c3ccc4c5ccccc5sc4c32)nc2ccccc21. The molecule has 7 rings (SSSR count). The Morgan fingerprint density at radius 3 is 2.23 bits per heavy atom. The number of nitrogens with zero attached hydrogens (tertiary/aromatic N) is 3. The van der Waals surface area contributed by atoms with Gasteiger partial charge in [0.25, 0.3) is 0 Å². The highest BCUT2D eigenvalue weighted by molar-refractivity contribution is 7.26. The molecule has 0 atom stereocenters. The average molecular weight is 404 g/mol. The molecule has 3 heterocycles. The van der Waals surface area contributed by atoms with Gasteiger partial charge in [-0.1, -0.05) is 60.7 Å². The van der Waals surface area contributed by atoms with E-state index in [0.717, 1.165) is 17.0 Å². The molecule has 3 nitrogen and oxygen atoms in total. The summed E-state index contributed by atoms with van der Waals surface area (Å²) in [6, 6.07) is 30.2. The van der Waals surface area contributed by atoms with Crippen LogP contribution in [-0.2, 0) is 7.05 Å². The fraction of sp³-hybridized carbons (Fsp3) is 0.0385. The van der Waals surface area contributed by atoms with Crippen molar-refractivity contribution < 1.29 is 0 Å². The fourth-order valence-corrected chi connectivity index (χ4v) is 6.01. The van der Waals surface area contributed by atoms with Gasteiger partial charge in [-0.25, -0.2) is 4.98 Å². The molecule has 0 N–H and O–H groups in total. The first-order valence-corrected chi connectivity index (χ1v) is 10.9. The van der Waals surface area contributed by atoms with Gasteiger partial charge in [0.1, 0.15) is 0 Å². The Kier molecular flexibility index (Phi) is 3.08. The van der Waals surface area contributed by atoms with Gasteiger partial charge in [-0.2, -0.15) is 0 Å². The molecular formula is C26H17N3S. The van der Waals surface area contributed by atoms with Crippen LogP contribution in [-0.4, -0.2) is 14.1 Å². The summed E-state index contributed by atoms with van der Waals surface area (Å²) in [5.41, 5.74) is 4.59. The first kappa shape index (κ1) is 16.2. The van der Waals surface area contributed by atoms with Crippen molar-refractivity contribution in [3.05, 3.63) is 84.9 Å². The molecule has 0 spiro atoms. The van der Waals surface area contributed by atoms with Gasteiger partial charge in [-0.05, 0) is 24.3 Å². The van der Waals surface area contributed by atoms with Crippen LogP contribution in [0.25, 0.3) is 59.0 Å². The second kappa shape index (κ2) is 5.71. The van der Waals surface area contributed by atoms with Crippen LogP contribution in [0.5, 0.6) is 0 Å². The second-order valence-corrected chi connectivity index (χ2v) is 8.80. The zero-order valence-electron chi connectivity index (χ0n) is 16.3. The predicted molar refractivity (Wildman–Crippen MR) is 128 cm³/mol. The van der Waals surface area contributed by atoms with Gasteiger partial charge in [-0.15, -0.1) is 11.3 Å². The van der Waals surface area contributed by atoms with Gasteiger partial charge in [0.2, 0.25) is 5.95 Å². The molecule has 0 saturated carbocycles. The number of aryl methyl sites for hydroxylation is 1. The van der Waals surface area contributed by atoms with E-state index in [1.54, 1.807) is 0 Å². The maximum Gasteiger partial charge on any atom is 0.215 e. The lowest BCUT2D eigenvalue weighted by Gasteiger charge is -2.08. The number of thiophene rings is 1. The molecule has 0 amide bonds. The van der Waals surface area contributed by atoms with Crippen molar-refractivity contribution in [1.29, 1.82) is 0 Å². The summed E-state index contributed by atoms with van der Waals surface area (Å²) in [6.07, 6.45) is 0. The van der Waals surface area contributed by atoms with E-state index in [2.05, 4.69) is 101 Å². The Hall–Kier alpha value is -3.63. The third kappa shape index (κ3) is 1.96. The van der Waals surface area contributed by atoms with E-state index < -0.39 is 0 Å². The monoisotopic (exact) mass is 403 g/mol. The van der Waals surface area contributed by atoms with Gasteiger partial charge in [0.05, 0.1) is 26.8 Å². The number of imidazole rings is 1. The van der Waals surface area contributed by atoms with E-state index in [1.807, 2.05) is 11.3 Å². The minimum atomic E-state index is 0.951. The minimum absolute atomic E-state index is 0.951. The van der Waals surface area contributed by atoms with E-state index in [4.69, 9.17) is 4.98 Å². The molecule has 0 unspecified atom stereocenters. The Bertz CT molecular complexity index is 1760. The standard InChI is InChI=1S/C26H17N3S/c1-28-22-12-6-4-10-20(22)27-26(28)29-21-11-5-2-8-16(21)18-14-15-19-17-9-3-7-13-23(17)30-25(19)24(18)29/h2-15H,1H3. The van der Waals surface area contributed by atoms with Crippen molar-refractivity contribution in [3.63, 3.8) is 0 Å². The fourth-order valence-electron chi connectivity index (χ4n) is 4.77. The van der Waals surface area contributed by atoms with E-state index in [0.29, 0.717) is 0 Å². The maximum absolute atomic E-state index is 5.05. The van der Waals surface area contributed by atoms with Crippen molar-refractivity contribution in [2.45, 2.75) is 0 Å². The normalized spacial score (nSPS) is 12.2. The third-order valence-corrected chi connectivity index (χ3v) is 7.34. The lowest BCUT2D eigenvalue weighted by atomic mass is 10.1. The van der Waals surface area contributed by atoms with Crippen LogP contribution in [0, 0.1) is 0 Å². The number of hydrogen-bond acceptors (Lipinski definition) is 2. The summed E-state index contributed by atoms with van der Waals surface area (Å²) in [6.45, 7) is 0. The molecule has 7 aromatic rings. The number of aromatic nitrogens is 3. The number of rotatable bonds is 1. The highest BCUT2D eigenvalue weighted by atomic mass is 32.1. The number of benzene rings is 4. The zero-order chi connectivity index (χ0) is 19.8. The molecular weight excluding hydrogens is 386 g/mol. The topological polar surface area (TPSA) is 22.8 Å². The Labute approximate surface area is 176 Å². The van der Waals surface area contributed by atoms with Gasteiger partial charge in [0.15, 0.2) is 0 Å². The van der Waals surface area contributed by atoms with Crippen LogP contribution in [0.3, 0.4) is 0 Å². The third-order valence-electron chi connectivity index (χ3n) is 6.14. The van der Waals surface area contributed by atoms with Crippen LogP contribution in [0.4, 0.5) is 0 Å². The lowest BCUT2D eigenvalue weighted by molar-refractivity contribution is 0.871. The lowest BCUT2D eigenvalue weighted by Crippen LogP contribution is -2.03. The summed E-state index contributed by atoms with van der Waals surface area (Å²) >= 11 is 1.87. The Balaban J connectivity index is 1.75. The van der Waals surface area contributed by atoms with Gasteiger partial charge in [0, 0.05) is 33.3 Å². The van der Waals surface area contributed by atoms with E-state index in [9.17, 15) is 0 Å². The van der Waals surface area contributed by atoms with Crippen LogP contribution < -0.4 is 0 Å². The summed E-state index contributed by atoms with van der Waals surface area (Å²) < 4.78 is 7.19. The molecule has 0 fully saturated rings. The molecule has 0 aliphatic heterocycles. The van der Waals surface area contributed by atoms with Gasteiger partial charge >= 0.3 is 0 Å². The number of fused-ring (bicyclic) bond motifs is 8. The molecule has 0 radical (unpaired) electrons. The molecule has 3 aromatic heterocycles. The molecule has 4 heteroatoms. The zero-order valence-corrected chi connectivity index (χ0v) is 17.1. The van der Waals surface area contributed by atoms with Crippen LogP contribution >= 0.6 is 11.3 Å². The molecule has 142 valence electrons. The van der Waals surface area contributed by atoms with Crippen molar-refractivity contribution in [2.24, 2.45) is 7.05 Å². The first-order chi connectivity index (χ1) is 14.8. The van der Waals surface area contributed by atoms with E-state index >= 15 is 0 Å². The Morgan fingerprint density at radius 1 is 0.667 bits per heavy atom. The summed E-state index contributed by atoms with van der Waals surface area (Å²) in [5.74, 6) is 0.951. The summed E-state index contributed by atoms with van der Waals surface area (Å²) in [7, 11) is 2.11. The second-order valence-electron chi connectivity index (χ2n) is 7.75. The smallest absolute Gasteiger partial charge is 0.215 e. The number of para-hydroxylation sites is 3. The predicted octanol–water partition coefficient (Wildman–Crippen LogP) is 7.04. The molecule has 0 aliphatic carbocycles. The quantitative estimate of drug-likeness (QED) is 0.288. The first-order valence-electron chi connectivity index (χ1n) is 10.1. The van der Waals surface area contributed by atoms with Gasteiger partial charge < -0.3 is 4.57 Å². The average Bonchev–Trinajstić information content (AvgIpc) is 3.43. The maximum atomic E-state index is 5.05. The van der Waals surface area contributed by atoms with Crippen molar-refractivity contribution >= 4 is 64.3 Å². The van der Waals surface area contributed by atoms with Crippen LogP contribution in [0.1, 0.15) is 0 Å². The summed E-state index contributed by atoms with van der Waals surface area (Å²) in [5, 5.41) is 5.17. The molecule has 0 saturated heterocycles. The highest BCUT2D eigenvalue weighted by Crippen LogP contribution is 2.42. The van der Waals surface area contributed by atoms with Crippen molar-refractivity contribution in [1.82, 2.24) is 14.1 Å².